The highest BCUT2D eigenvalue weighted by Gasteiger charge is 2.20. The van der Waals surface area contributed by atoms with E-state index in [4.69, 9.17) is 0 Å². The largest absolute Gasteiger partial charge is 0.371 e. The molecule has 2 fully saturated rings. The lowest BCUT2D eigenvalue weighted by Gasteiger charge is -2.25. The number of hydrogen-bond donors (Lipinski definition) is 1. The minimum absolute atomic E-state index is 0.712. The van der Waals surface area contributed by atoms with Crippen LogP contribution in [0.4, 0.5) is 17.1 Å². The fraction of sp³-hybridized carbons (Fsp3) is 0.600. The minimum atomic E-state index is -3.26. The second-order valence-electron chi connectivity index (χ2n) is 5.96. The SMILES string of the molecule is CS(=O)(=O)Nc1cc(N2CCCC2)ccc1N1CCCC1. The summed E-state index contributed by atoms with van der Waals surface area (Å²) in [5, 5.41) is 0. The molecule has 3 rings (SSSR count). The van der Waals surface area contributed by atoms with Crippen LogP contribution in [0.25, 0.3) is 0 Å². The van der Waals surface area contributed by atoms with Crippen LogP contribution in [-0.2, 0) is 10.0 Å². The Labute approximate surface area is 127 Å². The molecule has 0 bridgehead atoms. The summed E-state index contributed by atoms with van der Waals surface area (Å²) in [5.74, 6) is 0. The summed E-state index contributed by atoms with van der Waals surface area (Å²) in [6.07, 6.45) is 5.98. The van der Waals surface area contributed by atoms with Crippen LogP contribution in [-0.4, -0.2) is 40.9 Å². The summed E-state index contributed by atoms with van der Waals surface area (Å²) in [6.45, 7) is 4.12. The summed E-state index contributed by atoms with van der Waals surface area (Å²) >= 11 is 0. The highest BCUT2D eigenvalue weighted by molar-refractivity contribution is 7.92. The molecular weight excluding hydrogens is 286 g/mol. The van der Waals surface area contributed by atoms with E-state index in [-0.39, 0.29) is 0 Å². The van der Waals surface area contributed by atoms with Gasteiger partial charge in [-0.2, -0.15) is 0 Å². The lowest BCUT2D eigenvalue weighted by molar-refractivity contribution is 0.607. The molecule has 0 amide bonds. The predicted molar refractivity (Wildman–Crippen MR) is 87.8 cm³/mol. The Kier molecular flexibility index (Phi) is 3.97. The number of anilines is 3. The molecule has 2 saturated heterocycles. The quantitative estimate of drug-likeness (QED) is 0.927. The first-order valence-electron chi connectivity index (χ1n) is 7.65. The molecule has 1 aromatic rings. The Bertz CT molecular complexity index is 603. The van der Waals surface area contributed by atoms with Gasteiger partial charge in [-0.05, 0) is 43.9 Å². The highest BCUT2D eigenvalue weighted by Crippen LogP contribution is 2.34. The van der Waals surface area contributed by atoms with E-state index in [9.17, 15) is 8.42 Å². The van der Waals surface area contributed by atoms with Crippen molar-refractivity contribution in [1.29, 1.82) is 0 Å². The maximum Gasteiger partial charge on any atom is 0.229 e. The fourth-order valence-electron chi connectivity index (χ4n) is 3.21. The molecule has 0 atom stereocenters. The maximum absolute atomic E-state index is 11.7. The molecule has 6 heteroatoms. The third kappa shape index (κ3) is 3.43. The van der Waals surface area contributed by atoms with Crippen LogP contribution >= 0.6 is 0 Å². The standard InChI is InChI=1S/C15H23N3O2S/c1-21(19,20)16-14-12-13(17-8-2-3-9-17)6-7-15(14)18-10-4-5-11-18/h6-7,12,16H,2-5,8-11H2,1H3. The van der Waals surface area contributed by atoms with Gasteiger partial charge >= 0.3 is 0 Å². The first-order valence-corrected chi connectivity index (χ1v) is 9.54. The summed E-state index contributed by atoms with van der Waals surface area (Å²) in [4.78, 5) is 4.59. The van der Waals surface area contributed by atoms with E-state index in [1.807, 2.05) is 6.07 Å². The zero-order chi connectivity index (χ0) is 14.9. The number of sulfonamides is 1. The van der Waals surface area contributed by atoms with Gasteiger partial charge in [0, 0.05) is 31.9 Å². The Morgan fingerprint density at radius 1 is 0.952 bits per heavy atom. The third-order valence-electron chi connectivity index (χ3n) is 4.19. The van der Waals surface area contributed by atoms with Gasteiger partial charge in [-0.15, -0.1) is 0 Å². The molecule has 21 heavy (non-hydrogen) atoms. The average molecular weight is 309 g/mol. The normalized spacial score (nSPS) is 19.3. The zero-order valence-corrected chi connectivity index (χ0v) is 13.3. The van der Waals surface area contributed by atoms with Crippen molar-refractivity contribution in [2.24, 2.45) is 0 Å². The first-order chi connectivity index (χ1) is 10.0. The van der Waals surface area contributed by atoms with Gasteiger partial charge in [-0.25, -0.2) is 8.42 Å². The second-order valence-corrected chi connectivity index (χ2v) is 7.71. The van der Waals surface area contributed by atoms with E-state index >= 15 is 0 Å². The molecule has 0 radical (unpaired) electrons. The van der Waals surface area contributed by atoms with Crippen LogP contribution < -0.4 is 14.5 Å². The monoisotopic (exact) mass is 309 g/mol. The third-order valence-corrected chi connectivity index (χ3v) is 4.78. The van der Waals surface area contributed by atoms with Gasteiger partial charge < -0.3 is 9.80 Å². The molecule has 1 aromatic carbocycles. The molecule has 1 N–H and O–H groups in total. The van der Waals surface area contributed by atoms with Gasteiger partial charge in [-0.1, -0.05) is 0 Å². The molecule has 0 spiro atoms. The summed E-state index contributed by atoms with van der Waals surface area (Å²) in [7, 11) is -3.26. The zero-order valence-electron chi connectivity index (χ0n) is 12.5. The van der Waals surface area contributed by atoms with Crippen molar-refractivity contribution in [2.75, 3.05) is 47.0 Å². The molecule has 0 unspecified atom stereocenters. The van der Waals surface area contributed by atoms with E-state index in [0.29, 0.717) is 5.69 Å². The van der Waals surface area contributed by atoms with Crippen molar-refractivity contribution in [2.45, 2.75) is 25.7 Å². The number of nitrogens with one attached hydrogen (secondary N) is 1. The molecule has 116 valence electrons. The Morgan fingerprint density at radius 2 is 1.52 bits per heavy atom. The van der Waals surface area contributed by atoms with Crippen molar-refractivity contribution in [3.8, 4) is 0 Å². The lowest BCUT2D eigenvalue weighted by Crippen LogP contribution is -2.22. The molecule has 5 nitrogen and oxygen atoms in total. The van der Waals surface area contributed by atoms with Crippen LogP contribution in [0.5, 0.6) is 0 Å². The summed E-state index contributed by atoms with van der Waals surface area (Å²) in [6, 6.07) is 6.17. The Hall–Kier alpha value is -1.43. The molecule has 2 heterocycles. The van der Waals surface area contributed by atoms with Crippen molar-refractivity contribution >= 4 is 27.1 Å². The van der Waals surface area contributed by atoms with Gasteiger partial charge in [0.1, 0.15) is 0 Å². The number of nitrogens with zero attached hydrogens (tertiary/aromatic N) is 2. The van der Waals surface area contributed by atoms with Gasteiger partial charge in [0.2, 0.25) is 10.0 Å². The average Bonchev–Trinajstić information content (AvgIpc) is 3.10. The number of hydrogen-bond acceptors (Lipinski definition) is 4. The number of rotatable bonds is 4. The highest BCUT2D eigenvalue weighted by atomic mass is 32.2. The van der Waals surface area contributed by atoms with Crippen molar-refractivity contribution in [3.63, 3.8) is 0 Å². The van der Waals surface area contributed by atoms with Crippen molar-refractivity contribution in [3.05, 3.63) is 18.2 Å². The smallest absolute Gasteiger partial charge is 0.229 e. The van der Waals surface area contributed by atoms with E-state index in [0.717, 1.165) is 37.6 Å². The van der Waals surface area contributed by atoms with Crippen molar-refractivity contribution < 1.29 is 8.42 Å². The molecule has 2 aliphatic rings. The molecule has 2 aliphatic heterocycles. The van der Waals surface area contributed by atoms with E-state index < -0.39 is 10.0 Å². The second kappa shape index (κ2) is 5.75. The van der Waals surface area contributed by atoms with Crippen LogP contribution in [0.2, 0.25) is 0 Å². The maximum atomic E-state index is 11.7. The van der Waals surface area contributed by atoms with Crippen LogP contribution in [0, 0.1) is 0 Å². The Morgan fingerprint density at radius 3 is 2.10 bits per heavy atom. The minimum Gasteiger partial charge on any atom is -0.371 e. The lowest BCUT2D eigenvalue weighted by atomic mass is 10.2. The van der Waals surface area contributed by atoms with Gasteiger partial charge in [0.15, 0.2) is 0 Å². The number of benzene rings is 1. The van der Waals surface area contributed by atoms with Gasteiger partial charge in [0.25, 0.3) is 0 Å². The predicted octanol–water partition coefficient (Wildman–Crippen LogP) is 2.26. The van der Waals surface area contributed by atoms with Gasteiger partial charge in [0.05, 0.1) is 17.6 Å². The van der Waals surface area contributed by atoms with Crippen LogP contribution in [0.15, 0.2) is 18.2 Å². The molecule has 0 aromatic heterocycles. The Balaban J connectivity index is 1.94. The molecule has 0 saturated carbocycles. The van der Waals surface area contributed by atoms with E-state index in [1.54, 1.807) is 0 Å². The first kappa shape index (κ1) is 14.5. The van der Waals surface area contributed by atoms with E-state index in [1.165, 1.54) is 31.9 Å². The fourth-order valence-corrected chi connectivity index (χ4v) is 3.77. The van der Waals surface area contributed by atoms with Crippen molar-refractivity contribution in [1.82, 2.24) is 0 Å². The molecular formula is C15H23N3O2S. The summed E-state index contributed by atoms with van der Waals surface area (Å²) < 4.78 is 26.0. The van der Waals surface area contributed by atoms with Crippen LogP contribution in [0.3, 0.4) is 0 Å². The summed E-state index contributed by atoms with van der Waals surface area (Å²) in [5.41, 5.74) is 2.83. The van der Waals surface area contributed by atoms with Crippen LogP contribution in [0.1, 0.15) is 25.7 Å². The topological polar surface area (TPSA) is 52.7 Å². The van der Waals surface area contributed by atoms with E-state index in [2.05, 4.69) is 26.7 Å². The van der Waals surface area contributed by atoms with Gasteiger partial charge in [-0.3, -0.25) is 4.72 Å². The molecule has 0 aliphatic carbocycles.